The summed E-state index contributed by atoms with van der Waals surface area (Å²) in [6.45, 7) is 4.77. The second kappa shape index (κ2) is 7.60. The van der Waals surface area contributed by atoms with E-state index >= 15 is 0 Å². The van der Waals surface area contributed by atoms with Gasteiger partial charge in [0.1, 0.15) is 0 Å². The average molecular weight is 261 g/mol. The van der Waals surface area contributed by atoms with E-state index in [4.69, 9.17) is 5.73 Å². The third-order valence-corrected chi connectivity index (χ3v) is 4.57. The molecule has 1 aliphatic carbocycles. The van der Waals surface area contributed by atoms with Gasteiger partial charge in [0.25, 0.3) is 0 Å². The number of piperidine rings is 1. The maximum atomic E-state index is 6.10. The molecule has 3 heteroatoms. The fourth-order valence-corrected chi connectivity index (χ4v) is 3.54. The first-order valence-corrected chi connectivity index (χ1v) is 7.27. The van der Waals surface area contributed by atoms with E-state index in [0.717, 1.165) is 5.92 Å². The van der Waals surface area contributed by atoms with Gasteiger partial charge in [0.2, 0.25) is 0 Å². The quantitative estimate of drug-likeness (QED) is 0.841. The number of likely N-dealkylation sites (tertiary alicyclic amines) is 1. The highest BCUT2D eigenvalue weighted by Crippen LogP contribution is 2.29. The maximum Gasteiger partial charge on any atom is 0.0244 e. The van der Waals surface area contributed by atoms with Crippen LogP contribution in [-0.2, 0) is 0 Å². The number of nitrogens with two attached hydrogens (primary N) is 1. The molecule has 2 aliphatic rings. The summed E-state index contributed by atoms with van der Waals surface area (Å²) in [5.74, 6) is 1.02. The van der Waals surface area contributed by atoms with Crippen LogP contribution in [0.1, 0.15) is 58.3 Å². The van der Waals surface area contributed by atoms with E-state index in [9.17, 15) is 0 Å². The molecule has 17 heavy (non-hydrogen) atoms. The van der Waals surface area contributed by atoms with Crippen LogP contribution < -0.4 is 5.73 Å². The summed E-state index contributed by atoms with van der Waals surface area (Å²) in [5.41, 5.74) is 6.10. The van der Waals surface area contributed by atoms with Crippen molar-refractivity contribution < 1.29 is 0 Å². The van der Waals surface area contributed by atoms with Crippen molar-refractivity contribution >= 4 is 12.4 Å². The van der Waals surface area contributed by atoms with Crippen LogP contribution in [0.4, 0.5) is 0 Å². The summed E-state index contributed by atoms with van der Waals surface area (Å²) >= 11 is 0. The number of nitrogens with zero attached hydrogens (tertiary/aromatic N) is 1. The van der Waals surface area contributed by atoms with Crippen molar-refractivity contribution in [1.82, 2.24) is 4.90 Å². The Kier molecular flexibility index (Phi) is 6.83. The molecule has 2 atom stereocenters. The SMILES string of the molecule is CC(N)C1CCCCN1CCC1CCCC1.Cl. The molecular formula is C14H29ClN2. The van der Waals surface area contributed by atoms with Crippen LogP contribution in [0.3, 0.4) is 0 Å². The standard InChI is InChI=1S/C14H28N2.ClH/c1-12(15)14-8-4-5-10-16(14)11-9-13-6-2-3-7-13;/h12-14H,2-11,15H2,1H3;1H. The van der Waals surface area contributed by atoms with Gasteiger partial charge in [0, 0.05) is 12.1 Å². The molecule has 1 aliphatic heterocycles. The van der Waals surface area contributed by atoms with E-state index in [1.54, 1.807) is 0 Å². The first-order valence-electron chi connectivity index (χ1n) is 7.27. The van der Waals surface area contributed by atoms with Gasteiger partial charge in [0.05, 0.1) is 0 Å². The van der Waals surface area contributed by atoms with Crippen molar-refractivity contribution in [2.75, 3.05) is 13.1 Å². The first-order chi connectivity index (χ1) is 7.77. The highest BCUT2D eigenvalue weighted by molar-refractivity contribution is 5.85. The summed E-state index contributed by atoms with van der Waals surface area (Å²) in [4.78, 5) is 2.67. The van der Waals surface area contributed by atoms with Crippen molar-refractivity contribution in [3.8, 4) is 0 Å². The maximum absolute atomic E-state index is 6.10. The molecule has 0 spiro atoms. The zero-order valence-electron chi connectivity index (χ0n) is 11.2. The molecule has 2 rings (SSSR count). The van der Waals surface area contributed by atoms with Gasteiger partial charge in [-0.3, -0.25) is 4.90 Å². The van der Waals surface area contributed by atoms with Gasteiger partial charge in [-0.15, -0.1) is 12.4 Å². The molecule has 1 saturated carbocycles. The molecule has 102 valence electrons. The van der Waals surface area contributed by atoms with Crippen LogP contribution in [0.15, 0.2) is 0 Å². The molecule has 0 bridgehead atoms. The van der Waals surface area contributed by atoms with Crippen LogP contribution in [0, 0.1) is 5.92 Å². The molecule has 1 saturated heterocycles. The van der Waals surface area contributed by atoms with Crippen LogP contribution in [0.25, 0.3) is 0 Å². The van der Waals surface area contributed by atoms with E-state index in [2.05, 4.69) is 11.8 Å². The van der Waals surface area contributed by atoms with Gasteiger partial charge < -0.3 is 5.73 Å². The smallest absolute Gasteiger partial charge is 0.0244 e. The van der Waals surface area contributed by atoms with Gasteiger partial charge >= 0.3 is 0 Å². The normalized spacial score (nSPS) is 28.9. The highest BCUT2D eigenvalue weighted by Gasteiger charge is 2.26. The molecule has 1 heterocycles. The predicted molar refractivity (Wildman–Crippen MR) is 76.7 cm³/mol. The lowest BCUT2D eigenvalue weighted by Gasteiger charge is -2.38. The molecular weight excluding hydrogens is 232 g/mol. The van der Waals surface area contributed by atoms with Crippen molar-refractivity contribution in [2.24, 2.45) is 11.7 Å². The molecule has 2 unspecified atom stereocenters. The minimum absolute atomic E-state index is 0. The van der Waals surface area contributed by atoms with Crippen LogP contribution >= 0.6 is 12.4 Å². The minimum Gasteiger partial charge on any atom is -0.327 e. The van der Waals surface area contributed by atoms with Gasteiger partial charge in [-0.1, -0.05) is 32.1 Å². The van der Waals surface area contributed by atoms with Crippen molar-refractivity contribution in [1.29, 1.82) is 0 Å². The van der Waals surface area contributed by atoms with Crippen LogP contribution in [0.5, 0.6) is 0 Å². The van der Waals surface area contributed by atoms with E-state index in [0.29, 0.717) is 12.1 Å². The summed E-state index contributed by atoms with van der Waals surface area (Å²) in [7, 11) is 0. The third-order valence-electron chi connectivity index (χ3n) is 4.57. The molecule has 0 amide bonds. The van der Waals surface area contributed by atoms with E-state index in [1.165, 1.54) is 64.5 Å². The Bertz CT molecular complexity index is 202. The summed E-state index contributed by atoms with van der Waals surface area (Å²) in [6.07, 6.45) is 11.4. The third kappa shape index (κ3) is 4.42. The van der Waals surface area contributed by atoms with Gasteiger partial charge in [-0.2, -0.15) is 0 Å². The Morgan fingerprint density at radius 1 is 1.12 bits per heavy atom. The number of halogens is 1. The van der Waals surface area contributed by atoms with Crippen molar-refractivity contribution in [3.63, 3.8) is 0 Å². The monoisotopic (exact) mass is 260 g/mol. The molecule has 0 aromatic heterocycles. The lowest BCUT2D eigenvalue weighted by molar-refractivity contribution is 0.122. The van der Waals surface area contributed by atoms with E-state index in [1.807, 2.05) is 0 Å². The van der Waals surface area contributed by atoms with Gasteiger partial charge in [0.15, 0.2) is 0 Å². The highest BCUT2D eigenvalue weighted by atomic mass is 35.5. The Morgan fingerprint density at radius 3 is 2.41 bits per heavy atom. The Morgan fingerprint density at radius 2 is 1.76 bits per heavy atom. The Labute approximate surface area is 113 Å². The second-order valence-corrected chi connectivity index (χ2v) is 5.90. The lowest BCUT2D eigenvalue weighted by Crippen LogP contribution is -2.49. The fourth-order valence-electron chi connectivity index (χ4n) is 3.54. The zero-order valence-corrected chi connectivity index (χ0v) is 12.1. The number of rotatable bonds is 4. The van der Waals surface area contributed by atoms with Crippen molar-refractivity contribution in [3.05, 3.63) is 0 Å². The topological polar surface area (TPSA) is 29.3 Å². The summed E-state index contributed by atoms with van der Waals surface area (Å²) < 4.78 is 0. The Balaban J connectivity index is 0.00000144. The molecule has 2 nitrogen and oxygen atoms in total. The van der Waals surface area contributed by atoms with E-state index in [-0.39, 0.29) is 12.4 Å². The fraction of sp³-hybridized carbons (Fsp3) is 1.00. The predicted octanol–water partition coefficient (Wildman–Crippen LogP) is 3.19. The molecule has 2 fully saturated rings. The first kappa shape index (κ1) is 15.3. The summed E-state index contributed by atoms with van der Waals surface area (Å²) in [6, 6.07) is 1.01. The molecule has 0 radical (unpaired) electrons. The van der Waals surface area contributed by atoms with Crippen molar-refractivity contribution in [2.45, 2.75) is 70.4 Å². The van der Waals surface area contributed by atoms with Gasteiger partial charge in [-0.25, -0.2) is 0 Å². The minimum atomic E-state index is 0. The van der Waals surface area contributed by atoms with Gasteiger partial charge in [-0.05, 0) is 45.2 Å². The molecule has 2 N–H and O–H groups in total. The lowest BCUT2D eigenvalue weighted by atomic mass is 9.95. The number of hydrogen-bond acceptors (Lipinski definition) is 2. The molecule has 0 aromatic carbocycles. The zero-order chi connectivity index (χ0) is 11.4. The number of hydrogen-bond donors (Lipinski definition) is 1. The van der Waals surface area contributed by atoms with Crippen LogP contribution in [0.2, 0.25) is 0 Å². The van der Waals surface area contributed by atoms with E-state index < -0.39 is 0 Å². The molecule has 0 aromatic rings. The average Bonchev–Trinajstić information content (AvgIpc) is 2.79. The largest absolute Gasteiger partial charge is 0.327 e. The Hall–Kier alpha value is 0.210. The van der Waals surface area contributed by atoms with Crippen LogP contribution in [-0.4, -0.2) is 30.1 Å². The second-order valence-electron chi connectivity index (χ2n) is 5.90. The summed E-state index contributed by atoms with van der Waals surface area (Å²) in [5, 5.41) is 0.